The number of benzene rings is 1. The third-order valence-electron chi connectivity index (χ3n) is 3.97. The lowest BCUT2D eigenvalue weighted by molar-refractivity contribution is 0.0499. The number of nitrogens with two attached hydrogens (primary N) is 1. The summed E-state index contributed by atoms with van der Waals surface area (Å²) in [5.74, 6) is 0.897. The van der Waals surface area contributed by atoms with Crippen molar-refractivity contribution in [1.29, 1.82) is 0 Å². The molecule has 0 bridgehead atoms. The fourth-order valence-electron chi connectivity index (χ4n) is 2.77. The summed E-state index contributed by atoms with van der Waals surface area (Å²) in [6.45, 7) is 1.77. The number of ether oxygens (including phenoxy) is 1. The average Bonchev–Trinajstić information content (AvgIpc) is 2.42. The zero-order valence-corrected chi connectivity index (χ0v) is 12.7. The van der Waals surface area contributed by atoms with Crippen LogP contribution in [0.15, 0.2) is 22.7 Å². The highest BCUT2D eigenvalue weighted by atomic mass is 79.9. The van der Waals surface area contributed by atoms with E-state index in [-0.39, 0.29) is 5.82 Å². The van der Waals surface area contributed by atoms with Gasteiger partial charge in [0.1, 0.15) is 5.82 Å². The molecule has 2 atom stereocenters. The van der Waals surface area contributed by atoms with Crippen molar-refractivity contribution >= 4 is 15.9 Å². The Morgan fingerprint density at radius 2 is 2.00 bits per heavy atom. The van der Waals surface area contributed by atoms with Gasteiger partial charge in [0.15, 0.2) is 0 Å². The van der Waals surface area contributed by atoms with Crippen molar-refractivity contribution in [3.05, 3.63) is 34.1 Å². The first-order valence-electron chi connectivity index (χ1n) is 6.92. The Bertz CT molecular complexity index is 413. The van der Waals surface area contributed by atoms with Gasteiger partial charge >= 0.3 is 0 Å². The maximum atomic E-state index is 13.6. The van der Waals surface area contributed by atoms with Crippen molar-refractivity contribution in [3.63, 3.8) is 0 Å². The lowest BCUT2D eigenvalue weighted by atomic mass is 9.80. The quantitative estimate of drug-likeness (QED) is 0.889. The SMILES string of the molecule is NCC1CCCCC1COCc1ccc(Br)cc1F. The van der Waals surface area contributed by atoms with Crippen LogP contribution in [0.5, 0.6) is 0 Å². The second-order valence-corrected chi connectivity index (χ2v) is 6.21. The van der Waals surface area contributed by atoms with Crippen molar-refractivity contribution in [2.45, 2.75) is 32.3 Å². The topological polar surface area (TPSA) is 35.2 Å². The minimum atomic E-state index is -0.214. The Hall–Kier alpha value is -0.450. The molecule has 1 aliphatic rings. The molecule has 0 spiro atoms. The first-order valence-corrected chi connectivity index (χ1v) is 7.71. The third kappa shape index (κ3) is 4.26. The molecule has 106 valence electrons. The minimum Gasteiger partial charge on any atom is -0.376 e. The molecule has 0 saturated heterocycles. The van der Waals surface area contributed by atoms with Gasteiger partial charge in [0.05, 0.1) is 13.2 Å². The van der Waals surface area contributed by atoms with Crippen LogP contribution >= 0.6 is 15.9 Å². The molecule has 2 nitrogen and oxygen atoms in total. The van der Waals surface area contributed by atoms with Crippen LogP contribution in [0, 0.1) is 17.7 Å². The van der Waals surface area contributed by atoms with Crippen molar-refractivity contribution in [2.24, 2.45) is 17.6 Å². The highest BCUT2D eigenvalue weighted by Crippen LogP contribution is 2.29. The monoisotopic (exact) mass is 329 g/mol. The number of hydrogen-bond acceptors (Lipinski definition) is 2. The number of halogens is 2. The molecule has 19 heavy (non-hydrogen) atoms. The maximum absolute atomic E-state index is 13.6. The van der Waals surface area contributed by atoms with Gasteiger partial charge < -0.3 is 10.5 Å². The molecule has 2 N–H and O–H groups in total. The summed E-state index contributed by atoms with van der Waals surface area (Å²) in [7, 11) is 0. The van der Waals surface area contributed by atoms with E-state index in [1.807, 2.05) is 6.07 Å². The first kappa shape index (κ1) is 14.9. The highest BCUT2D eigenvalue weighted by molar-refractivity contribution is 9.10. The summed E-state index contributed by atoms with van der Waals surface area (Å²) < 4.78 is 20.1. The van der Waals surface area contributed by atoms with E-state index in [4.69, 9.17) is 10.5 Å². The molecule has 0 aliphatic heterocycles. The fourth-order valence-corrected chi connectivity index (χ4v) is 3.11. The van der Waals surface area contributed by atoms with Gasteiger partial charge in [-0.05, 0) is 43.4 Å². The Morgan fingerprint density at radius 3 is 2.68 bits per heavy atom. The van der Waals surface area contributed by atoms with Crippen LogP contribution in [0.1, 0.15) is 31.2 Å². The molecule has 0 amide bonds. The average molecular weight is 330 g/mol. The summed E-state index contributed by atoms with van der Waals surface area (Å²) in [5, 5.41) is 0. The largest absolute Gasteiger partial charge is 0.376 e. The summed E-state index contributed by atoms with van der Waals surface area (Å²) in [4.78, 5) is 0. The normalized spacial score (nSPS) is 23.5. The van der Waals surface area contributed by atoms with Crippen LogP contribution in [0.3, 0.4) is 0 Å². The molecule has 1 aromatic carbocycles. The van der Waals surface area contributed by atoms with Crippen LogP contribution in [-0.2, 0) is 11.3 Å². The van der Waals surface area contributed by atoms with Crippen LogP contribution in [0.25, 0.3) is 0 Å². The molecule has 0 aromatic heterocycles. The summed E-state index contributed by atoms with van der Waals surface area (Å²) in [6.07, 6.45) is 4.93. The molecule has 2 unspecified atom stereocenters. The molecule has 1 aliphatic carbocycles. The Morgan fingerprint density at radius 1 is 1.26 bits per heavy atom. The van der Waals surface area contributed by atoms with E-state index in [1.165, 1.54) is 31.7 Å². The van der Waals surface area contributed by atoms with E-state index < -0.39 is 0 Å². The molecule has 2 rings (SSSR count). The van der Waals surface area contributed by atoms with E-state index in [0.29, 0.717) is 30.6 Å². The molecular weight excluding hydrogens is 309 g/mol. The second-order valence-electron chi connectivity index (χ2n) is 5.29. The Balaban J connectivity index is 1.82. The van der Waals surface area contributed by atoms with Crippen molar-refractivity contribution in [3.8, 4) is 0 Å². The molecular formula is C15H21BrFNO. The van der Waals surface area contributed by atoms with E-state index >= 15 is 0 Å². The molecule has 1 fully saturated rings. The Kier molecular flexibility index (Phi) is 5.79. The van der Waals surface area contributed by atoms with Gasteiger partial charge in [-0.1, -0.05) is 34.8 Å². The van der Waals surface area contributed by atoms with Crippen LogP contribution in [-0.4, -0.2) is 13.2 Å². The highest BCUT2D eigenvalue weighted by Gasteiger charge is 2.23. The van der Waals surface area contributed by atoms with E-state index in [9.17, 15) is 4.39 Å². The van der Waals surface area contributed by atoms with E-state index in [0.717, 1.165) is 11.0 Å². The smallest absolute Gasteiger partial charge is 0.129 e. The molecule has 0 heterocycles. The summed E-state index contributed by atoms with van der Waals surface area (Å²) in [6, 6.07) is 5.08. The lowest BCUT2D eigenvalue weighted by Gasteiger charge is -2.30. The molecule has 0 radical (unpaired) electrons. The van der Waals surface area contributed by atoms with Crippen LogP contribution in [0.2, 0.25) is 0 Å². The van der Waals surface area contributed by atoms with Crippen LogP contribution in [0.4, 0.5) is 4.39 Å². The third-order valence-corrected chi connectivity index (χ3v) is 4.47. The minimum absolute atomic E-state index is 0.214. The standard InChI is InChI=1S/C15H21BrFNO/c16-14-6-5-13(15(17)7-14)10-19-9-12-4-2-1-3-11(12)8-18/h5-7,11-12H,1-4,8-10,18H2. The predicted molar refractivity (Wildman–Crippen MR) is 78.3 cm³/mol. The van der Waals surface area contributed by atoms with Crippen LogP contribution < -0.4 is 5.73 Å². The summed E-state index contributed by atoms with van der Waals surface area (Å²) >= 11 is 3.25. The zero-order chi connectivity index (χ0) is 13.7. The Labute approximate surface area is 122 Å². The number of hydrogen-bond donors (Lipinski definition) is 1. The summed E-state index contributed by atoms with van der Waals surface area (Å²) in [5.41, 5.74) is 6.41. The van der Waals surface area contributed by atoms with E-state index in [2.05, 4.69) is 15.9 Å². The van der Waals surface area contributed by atoms with Gasteiger partial charge in [-0.2, -0.15) is 0 Å². The van der Waals surface area contributed by atoms with Gasteiger partial charge in [-0.3, -0.25) is 0 Å². The van der Waals surface area contributed by atoms with E-state index in [1.54, 1.807) is 6.07 Å². The van der Waals surface area contributed by atoms with Gasteiger partial charge in [-0.25, -0.2) is 4.39 Å². The van der Waals surface area contributed by atoms with Gasteiger partial charge in [0, 0.05) is 10.0 Å². The first-order chi connectivity index (χ1) is 9.20. The molecule has 1 aromatic rings. The van der Waals surface area contributed by atoms with Crippen molar-refractivity contribution in [1.82, 2.24) is 0 Å². The predicted octanol–water partition coefficient (Wildman–Crippen LogP) is 3.87. The fraction of sp³-hybridized carbons (Fsp3) is 0.600. The zero-order valence-electron chi connectivity index (χ0n) is 11.1. The van der Waals surface area contributed by atoms with Gasteiger partial charge in [0.2, 0.25) is 0 Å². The van der Waals surface area contributed by atoms with Crippen molar-refractivity contribution < 1.29 is 9.13 Å². The second kappa shape index (κ2) is 7.36. The molecule has 4 heteroatoms. The van der Waals surface area contributed by atoms with Gasteiger partial charge in [-0.15, -0.1) is 0 Å². The maximum Gasteiger partial charge on any atom is 0.129 e. The molecule has 1 saturated carbocycles. The van der Waals surface area contributed by atoms with Crippen molar-refractivity contribution in [2.75, 3.05) is 13.2 Å². The lowest BCUT2D eigenvalue weighted by Crippen LogP contribution is -2.29. The van der Waals surface area contributed by atoms with Gasteiger partial charge in [0.25, 0.3) is 0 Å². The number of rotatable bonds is 5.